The molecule has 0 saturated heterocycles. The minimum atomic E-state index is -0.255. The fourth-order valence-electron chi connectivity index (χ4n) is 3.23. The Hall–Kier alpha value is -1.57. The van der Waals surface area contributed by atoms with Crippen molar-refractivity contribution >= 4 is 52.3 Å². The molecule has 2 rings (SSSR count). The molecule has 1 aliphatic rings. The van der Waals surface area contributed by atoms with E-state index in [1.807, 2.05) is 0 Å². The maximum atomic E-state index is 11.9. The van der Waals surface area contributed by atoms with Gasteiger partial charge in [0.1, 0.15) is 5.75 Å². The number of amides is 2. The predicted octanol–water partition coefficient (Wildman–Crippen LogP) is 4.53. The first-order valence-corrected chi connectivity index (χ1v) is 11.1. The highest BCUT2D eigenvalue weighted by Crippen LogP contribution is 2.28. The van der Waals surface area contributed by atoms with Gasteiger partial charge in [-0.2, -0.15) is 0 Å². The number of carbonyl (C=O) groups is 2. The van der Waals surface area contributed by atoms with E-state index in [0.29, 0.717) is 41.2 Å². The molecule has 6 nitrogen and oxygen atoms in total. The lowest BCUT2D eigenvalue weighted by Crippen LogP contribution is -2.48. The molecule has 3 N–H and O–H groups in total. The molecule has 1 fully saturated rings. The van der Waals surface area contributed by atoms with E-state index in [0.717, 1.165) is 6.42 Å². The summed E-state index contributed by atoms with van der Waals surface area (Å²) in [6.45, 7) is 0.330. The molecule has 0 unspecified atom stereocenters. The Labute approximate surface area is 187 Å². The number of halogens is 2. The molecule has 0 heterocycles. The quantitative estimate of drug-likeness (QED) is 0.302. The average Bonchev–Trinajstić information content (AvgIpc) is 2.70. The third-order valence-electron chi connectivity index (χ3n) is 4.77. The van der Waals surface area contributed by atoms with Crippen LogP contribution in [0, 0.1) is 5.92 Å². The van der Waals surface area contributed by atoms with Gasteiger partial charge in [-0.1, -0.05) is 55.3 Å². The second-order valence-corrected chi connectivity index (χ2v) is 8.37. The van der Waals surface area contributed by atoms with E-state index in [4.69, 9.17) is 40.2 Å². The zero-order valence-corrected chi connectivity index (χ0v) is 18.6. The van der Waals surface area contributed by atoms with Crippen LogP contribution in [-0.2, 0) is 9.59 Å². The molecular weight excluding hydrogens is 433 g/mol. The van der Waals surface area contributed by atoms with Crippen molar-refractivity contribution in [3.05, 3.63) is 28.2 Å². The summed E-state index contributed by atoms with van der Waals surface area (Å²) >= 11 is 16.9. The Bertz CT molecular complexity index is 712. The van der Waals surface area contributed by atoms with Gasteiger partial charge in [0.25, 0.3) is 0 Å². The number of hydrogen-bond donors (Lipinski definition) is 3. The first-order valence-electron chi connectivity index (χ1n) is 9.90. The molecule has 1 aliphatic carbocycles. The number of benzene rings is 1. The lowest BCUT2D eigenvalue weighted by Gasteiger charge is -2.21. The van der Waals surface area contributed by atoms with Gasteiger partial charge < -0.3 is 10.1 Å². The summed E-state index contributed by atoms with van der Waals surface area (Å²) in [5.74, 6) is 0.776. The summed E-state index contributed by atoms with van der Waals surface area (Å²) in [4.78, 5) is 23.8. The predicted molar refractivity (Wildman–Crippen MR) is 119 cm³/mol. The molecule has 0 bridgehead atoms. The first kappa shape index (κ1) is 23.7. The molecule has 0 spiro atoms. The Morgan fingerprint density at radius 1 is 1.07 bits per heavy atom. The van der Waals surface area contributed by atoms with Crippen LogP contribution in [0.25, 0.3) is 0 Å². The Balaban J connectivity index is 1.53. The number of ether oxygens (including phenoxy) is 1. The largest absolute Gasteiger partial charge is 0.492 e. The lowest BCUT2D eigenvalue weighted by atomic mass is 9.86. The van der Waals surface area contributed by atoms with Crippen molar-refractivity contribution in [1.29, 1.82) is 0 Å². The second-order valence-electron chi connectivity index (χ2n) is 7.12. The number of hydrogen-bond acceptors (Lipinski definition) is 4. The summed E-state index contributed by atoms with van der Waals surface area (Å²) in [6, 6.07) is 4.96. The molecular formula is C20H27Cl2N3O3S. The van der Waals surface area contributed by atoms with E-state index in [2.05, 4.69) is 16.2 Å². The summed E-state index contributed by atoms with van der Waals surface area (Å²) in [6.07, 6.45) is 8.30. The standard InChI is InChI=1S/C20H27Cl2N3O3S/c21-15-9-10-17(16(22)13-15)28-12-4-7-19(27)24-25-20(29)23-18(26)11-8-14-5-2-1-3-6-14/h9-10,13-14H,1-8,11-12H2,(H,24,27)(H2,23,25,26,29). The highest BCUT2D eigenvalue weighted by molar-refractivity contribution is 7.80. The van der Waals surface area contributed by atoms with Crippen molar-refractivity contribution in [2.75, 3.05) is 6.61 Å². The van der Waals surface area contributed by atoms with Gasteiger partial charge in [0.15, 0.2) is 5.11 Å². The number of hydrazine groups is 1. The van der Waals surface area contributed by atoms with Crippen LogP contribution in [0.3, 0.4) is 0 Å². The van der Waals surface area contributed by atoms with Crippen molar-refractivity contribution < 1.29 is 14.3 Å². The second kappa shape index (κ2) is 12.9. The summed E-state index contributed by atoms with van der Waals surface area (Å²) < 4.78 is 5.52. The Morgan fingerprint density at radius 3 is 2.55 bits per heavy atom. The molecule has 0 aromatic heterocycles. The maximum absolute atomic E-state index is 11.9. The van der Waals surface area contributed by atoms with E-state index in [9.17, 15) is 9.59 Å². The molecule has 9 heteroatoms. The fraction of sp³-hybridized carbons (Fsp3) is 0.550. The van der Waals surface area contributed by atoms with Gasteiger partial charge in [0.05, 0.1) is 11.6 Å². The smallest absolute Gasteiger partial charge is 0.238 e. The minimum Gasteiger partial charge on any atom is -0.492 e. The average molecular weight is 460 g/mol. The summed E-state index contributed by atoms with van der Waals surface area (Å²) in [5, 5.41) is 3.64. The van der Waals surface area contributed by atoms with E-state index in [1.54, 1.807) is 18.2 Å². The van der Waals surface area contributed by atoms with Crippen LogP contribution in [0.2, 0.25) is 10.0 Å². The third-order valence-corrected chi connectivity index (χ3v) is 5.51. The highest BCUT2D eigenvalue weighted by Gasteiger charge is 2.15. The molecule has 160 valence electrons. The van der Waals surface area contributed by atoms with Crippen LogP contribution in [0.15, 0.2) is 18.2 Å². The van der Waals surface area contributed by atoms with Gasteiger partial charge in [-0.25, -0.2) is 0 Å². The van der Waals surface area contributed by atoms with Crippen LogP contribution in [0.4, 0.5) is 0 Å². The van der Waals surface area contributed by atoms with Crippen LogP contribution < -0.4 is 20.9 Å². The first-order chi connectivity index (χ1) is 13.9. The van der Waals surface area contributed by atoms with E-state index in [-0.39, 0.29) is 23.3 Å². The molecule has 0 aliphatic heterocycles. The van der Waals surface area contributed by atoms with E-state index >= 15 is 0 Å². The molecule has 0 radical (unpaired) electrons. The summed E-state index contributed by atoms with van der Waals surface area (Å²) in [7, 11) is 0. The van der Waals surface area contributed by atoms with E-state index < -0.39 is 0 Å². The normalized spacial score (nSPS) is 14.1. The van der Waals surface area contributed by atoms with Gasteiger partial charge in [-0.3, -0.25) is 20.4 Å². The zero-order valence-electron chi connectivity index (χ0n) is 16.3. The molecule has 29 heavy (non-hydrogen) atoms. The van der Waals surface area contributed by atoms with E-state index in [1.165, 1.54) is 32.1 Å². The molecule has 1 saturated carbocycles. The van der Waals surface area contributed by atoms with Crippen molar-refractivity contribution in [2.24, 2.45) is 5.92 Å². The number of nitrogens with one attached hydrogen (secondary N) is 3. The van der Waals surface area contributed by atoms with Gasteiger partial charge in [0.2, 0.25) is 11.8 Å². The zero-order chi connectivity index (χ0) is 21.1. The van der Waals surface area contributed by atoms with Gasteiger partial charge in [0, 0.05) is 17.9 Å². The maximum Gasteiger partial charge on any atom is 0.238 e. The summed E-state index contributed by atoms with van der Waals surface area (Å²) in [5.41, 5.74) is 5.02. The Morgan fingerprint density at radius 2 is 1.83 bits per heavy atom. The SMILES string of the molecule is O=C(CCCOc1ccc(Cl)cc1Cl)NNC(=S)NC(=O)CCC1CCCCC1. The number of carbonyl (C=O) groups excluding carboxylic acids is 2. The van der Waals surface area contributed by atoms with Crippen molar-refractivity contribution in [3.63, 3.8) is 0 Å². The van der Waals surface area contributed by atoms with Crippen molar-refractivity contribution in [3.8, 4) is 5.75 Å². The third kappa shape index (κ3) is 9.65. The lowest BCUT2D eigenvalue weighted by molar-refractivity contribution is -0.122. The molecule has 1 aromatic rings. The van der Waals surface area contributed by atoms with Crippen LogP contribution in [0.1, 0.15) is 57.8 Å². The topological polar surface area (TPSA) is 79.5 Å². The van der Waals surface area contributed by atoms with Crippen molar-refractivity contribution in [1.82, 2.24) is 16.2 Å². The number of thiocarbonyl (C=S) groups is 1. The fourth-order valence-corrected chi connectivity index (χ4v) is 3.86. The van der Waals surface area contributed by atoms with Gasteiger partial charge >= 0.3 is 0 Å². The molecule has 0 atom stereocenters. The molecule has 1 aromatic carbocycles. The van der Waals surface area contributed by atoms with Crippen molar-refractivity contribution in [2.45, 2.75) is 57.8 Å². The van der Waals surface area contributed by atoms with Crippen LogP contribution in [-0.4, -0.2) is 23.5 Å². The van der Waals surface area contributed by atoms with Gasteiger partial charge in [-0.05, 0) is 49.2 Å². The van der Waals surface area contributed by atoms with Gasteiger partial charge in [-0.15, -0.1) is 0 Å². The molecule has 2 amide bonds. The monoisotopic (exact) mass is 459 g/mol. The minimum absolute atomic E-state index is 0.0937. The number of rotatable bonds is 8. The van der Waals surface area contributed by atoms with Crippen LogP contribution >= 0.6 is 35.4 Å². The highest BCUT2D eigenvalue weighted by atomic mass is 35.5. The van der Waals surface area contributed by atoms with Crippen LogP contribution in [0.5, 0.6) is 5.75 Å². The Kier molecular flexibility index (Phi) is 10.5.